The highest BCUT2D eigenvalue weighted by molar-refractivity contribution is 5.41. The van der Waals surface area contributed by atoms with Crippen molar-refractivity contribution in [3.63, 3.8) is 0 Å². The van der Waals surface area contributed by atoms with Gasteiger partial charge in [-0.15, -0.1) is 0 Å². The highest BCUT2D eigenvalue weighted by Gasteiger charge is 2.45. The fourth-order valence-electron chi connectivity index (χ4n) is 2.86. The molecule has 3 rings (SSSR count). The number of hydrogen-bond acceptors (Lipinski definition) is 3. The molecule has 0 aromatic heterocycles. The molecule has 1 aliphatic rings. The molecule has 2 aromatic carbocycles. The lowest BCUT2D eigenvalue weighted by atomic mass is 9.97. The van der Waals surface area contributed by atoms with Crippen LogP contribution in [0.5, 0.6) is 5.75 Å². The van der Waals surface area contributed by atoms with Crippen molar-refractivity contribution in [2.24, 2.45) is 5.73 Å². The molecule has 0 fully saturated rings. The predicted octanol–water partition coefficient (Wildman–Crippen LogP) is 2.50. The summed E-state index contributed by atoms with van der Waals surface area (Å²) in [5, 5.41) is 10.8. The topological polar surface area (TPSA) is 55.5 Å². The number of benzene rings is 2. The van der Waals surface area contributed by atoms with Crippen LogP contribution in [0.4, 0.5) is 4.39 Å². The maximum atomic E-state index is 13.7. The Morgan fingerprint density at radius 1 is 1.29 bits per heavy atom. The van der Waals surface area contributed by atoms with Crippen LogP contribution in [0, 0.1) is 12.7 Å². The Kier molecular flexibility index (Phi) is 3.43. The molecule has 0 aliphatic heterocycles. The van der Waals surface area contributed by atoms with E-state index >= 15 is 0 Å². The largest absolute Gasteiger partial charge is 0.482 e. The Labute approximate surface area is 123 Å². The van der Waals surface area contributed by atoms with Crippen LogP contribution in [0.15, 0.2) is 42.5 Å². The van der Waals surface area contributed by atoms with Crippen LogP contribution in [-0.2, 0) is 6.42 Å². The molecular weight excluding hydrogens is 269 g/mol. The number of nitrogens with two attached hydrogens (primary N) is 1. The van der Waals surface area contributed by atoms with Crippen molar-refractivity contribution in [3.05, 3.63) is 65.0 Å². The van der Waals surface area contributed by atoms with Gasteiger partial charge in [-0.05, 0) is 30.2 Å². The number of hydrogen-bond donors (Lipinski definition) is 2. The van der Waals surface area contributed by atoms with Gasteiger partial charge in [-0.3, -0.25) is 0 Å². The minimum absolute atomic E-state index is 0.0840. The smallest absolute Gasteiger partial charge is 0.154 e. The molecule has 21 heavy (non-hydrogen) atoms. The van der Waals surface area contributed by atoms with E-state index < -0.39 is 11.7 Å². The maximum Gasteiger partial charge on any atom is 0.154 e. The summed E-state index contributed by atoms with van der Waals surface area (Å²) in [6, 6.07) is 12.4. The van der Waals surface area contributed by atoms with Gasteiger partial charge in [0, 0.05) is 18.5 Å². The molecule has 3 nitrogen and oxygen atoms in total. The Morgan fingerprint density at radius 2 is 2.05 bits per heavy atom. The summed E-state index contributed by atoms with van der Waals surface area (Å²) in [5.74, 6) is 0.110. The molecule has 0 saturated carbocycles. The average molecular weight is 287 g/mol. The van der Waals surface area contributed by atoms with Gasteiger partial charge in [-0.25, -0.2) is 4.39 Å². The Balaban J connectivity index is 2.01. The minimum atomic E-state index is -1.16. The maximum absolute atomic E-state index is 13.7. The minimum Gasteiger partial charge on any atom is -0.482 e. The van der Waals surface area contributed by atoms with Crippen molar-refractivity contribution in [1.82, 2.24) is 0 Å². The average Bonchev–Trinajstić information content (AvgIpc) is 2.77. The lowest BCUT2D eigenvalue weighted by Crippen LogP contribution is -2.44. The van der Waals surface area contributed by atoms with Crippen LogP contribution in [0.3, 0.4) is 0 Å². The molecule has 1 aliphatic carbocycles. The number of fused-ring (bicyclic) bond motifs is 1. The monoisotopic (exact) mass is 287 g/mol. The predicted molar refractivity (Wildman–Crippen MR) is 78.7 cm³/mol. The molecule has 0 unspecified atom stereocenters. The van der Waals surface area contributed by atoms with E-state index in [9.17, 15) is 9.50 Å². The number of halogens is 1. The summed E-state index contributed by atoms with van der Waals surface area (Å²) in [7, 11) is 0. The van der Waals surface area contributed by atoms with Gasteiger partial charge >= 0.3 is 0 Å². The molecule has 0 heterocycles. The highest BCUT2D eigenvalue weighted by atomic mass is 19.1. The summed E-state index contributed by atoms with van der Waals surface area (Å²) in [6.07, 6.45) is -0.141. The third kappa shape index (κ3) is 2.30. The van der Waals surface area contributed by atoms with E-state index in [1.807, 2.05) is 24.3 Å². The molecule has 0 bridgehead atoms. The second kappa shape index (κ2) is 5.13. The third-order valence-electron chi connectivity index (χ3n) is 4.14. The SMILES string of the molecule is Cc1c(F)cccc1O[C@H]1c2ccccc2C[C@@]1(O)CN. The standard InChI is InChI=1S/C17H18FNO2/c1-11-14(18)7-4-8-15(11)21-16-13-6-3-2-5-12(13)9-17(16,20)10-19/h2-8,16,20H,9-10,19H2,1H3/t16-,17+/m0/s1. The molecule has 110 valence electrons. The second-order valence-corrected chi connectivity index (χ2v) is 5.54. The highest BCUT2D eigenvalue weighted by Crippen LogP contribution is 2.42. The Morgan fingerprint density at radius 3 is 2.81 bits per heavy atom. The van der Waals surface area contributed by atoms with Crippen LogP contribution in [0.2, 0.25) is 0 Å². The first kappa shape index (κ1) is 14.0. The van der Waals surface area contributed by atoms with Crippen molar-refractivity contribution in [3.8, 4) is 5.75 Å². The second-order valence-electron chi connectivity index (χ2n) is 5.54. The molecule has 0 amide bonds. The lowest BCUT2D eigenvalue weighted by molar-refractivity contribution is -0.0441. The van der Waals surface area contributed by atoms with Crippen molar-refractivity contribution in [1.29, 1.82) is 0 Å². The zero-order valence-corrected chi connectivity index (χ0v) is 11.8. The van der Waals surface area contributed by atoms with E-state index in [1.165, 1.54) is 6.07 Å². The van der Waals surface area contributed by atoms with Gasteiger partial charge in [0.2, 0.25) is 0 Å². The normalized spacial score (nSPS) is 23.9. The molecule has 2 aromatic rings. The number of ether oxygens (including phenoxy) is 1. The van der Waals surface area contributed by atoms with Gasteiger partial charge in [0.15, 0.2) is 6.10 Å². The summed E-state index contributed by atoms with van der Waals surface area (Å²) >= 11 is 0. The Bertz CT molecular complexity index is 674. The zero-order chi connectivity index (χ0) is 15.0. The van der Waals surface area contributed by atoms with Gasteiger partial charge < -0.3 is 15.6 Å². The fourth-order valence-corrected chi connectivity index (χ4v) is 2.86. The first-order valence-electron chi connectivity index (χ1n) is 6.97. The van der Waals surface area contributed by atoms with Crippen molar-refractivity contribution < 1.29 is 14.2 Å². The van der Waals surface area contributed by atoms with E-state index in [2.05, 4.69) is 0 Å². The van der Waals surface area contributed by atoms with Crippen molar-refractivity contribution >= 4 is 0 Å². The van der Waals surface area contributed by atoms with E-state index in [0.717, 1.165) is 11.1 Å². The molecule has 0 radical (unpaired) electrons. The first-order chi connectivity index (χ1) is 10.0. The molecule has 0 saturated heterocycles. The van der Waals surface area contributed by atoms with E-state index in [1.54, 1.807) is 19.1 Å². The summed E-state index contributed by atoms with van der Waals surface area (Å²) in [5.41, 5.74) is 6.95. The quantitative estimate of drug-likeness (QED) is 0.912. The van der Waals surface area contributed by atoms with Crippen molar-refractivity contribution in [2.75, 3.05) is 6.54 Å². The van der Waals surface area contributed by atoms with Crippen molar-refractivity contribution in [2.45, 2.75) is 25.0 Å². The van der Waals surface area contributed by atoms with Crippen LogP contribution >= 0.6 is 0 Å². The van der Waals surface area contributed by atoms with Crippen LogP contribution in [0.1, 0.15) is 22.8 Å². The summed E-state index contributed by atoms with van der Waals surface area (Å²) in [6.45, 7) is 1.74. The number of aliphatic hydroxyl groups is 1. The zero-order valence-electron chi connectivity index (χ0n) is 11.8. The van der Waals surface area contributed by atoms with E-state index in [0.29, 0.717) is 17.7 Å². The van der Waals surface area contributed by atoms with Crippen LogP contribution < -0.4 is 10.5 Å². The molecular formula is C17H18FNO2. The number of rotatable bonds is 3. The van der Waals surface area contributed by atoms with Gasteiger partial charge in [0.25, 0.3) is 0 Å². The summed E-state index contributed by atoms with van der Waals surface area (Å²) < 4.78 is 19.6. The van der Waals surface area contributed by atoms with Gasteiger partial charge in [-0.1, -0.05) is 30.3 Å². The lowest BCUT2D eigenvalue weighted by Gasteiger charge is -2.30. The summed E-state index contributed by atoms with van der Waals surface area (Å²) in [4.78, 5) is 0. The fraction of sp³-hybridized carbons (Fsp3) is 0.294. The van der Waals surface area contributed by atoms with Gasteiger partial charge in [0.1, 0.15) is 17.2 Å². The molecule has 4 heteroatoms. The van der Waals surface area contributed by atoms with Crippen LogP contribution in [0.25, 0.3) is 0 Å². The van der Waals surface area contributed by atoms with E-state index in [-0.39, 0.29) is 12.4 Å². The molecule has 2 atom stereocenters. The van der Waals surface area contributed by atoms with Gasteiger partial charge in [-0.2, -0.15) is 0 Å². The van der Waals surface area contributed by atoms with Crippen LogP contribution in [-0.4, -0.2) is 17.3 Å². The Hall–Kier alpha value is -1.91. The van der Waals surface area contributed by atoms with E-state index in [4.69, 9.17) is 10.5 Å². The molecule has 0 spiro atoms. The van der Waals surface area contributed by atoms with Gasteiger partial charge in [0.05, 0.1) is 0 Å². The third-order valence-corrected chi connectivity index (χ3v) is 4.14. The molecule has 3 N–H and O–H groups in total. The first-order valence-corrected chi connectivity index (χ1v) is 6.97.